The van der Waals surface area contributed by atoms with Crippen LogP contribution < -0.4 is 5.56 Å². The van der Waals surface area contributed by atoms with Crippen LogP contribution in [0.1, 0.15) is 50.3 Å². The zero-order valence-corrected chi connectivity index (χ0v) is 11.6. The predicted octanol–water partition coefficient (Wildman–Crippen LogP) is 3.87. The molecule has 1 N–H and O–H groups in total. The summed E-state index contributed by atoms with van der Waals surface area (Å²) in [6.45, 7) is 0. The molecular formula is C17H20N2O. The standard InChI is InChI=1S/C17H20N2O/c20-16-12-15(13-8-6-3-7-9-13)18-17(19-16)14-10-4-1-2-5-11-14/h3,6-9,12,14H,1-2,4-5,10-11H2,(H,18,19,20). The van der Waals surface area contributed by atoms with Gasteiger partial charge in [-0.2, -0.15) is 0 Å². The summed E-state index contributed by atoms with van der Waals surface area (Å²) >= 11 is 0. The Kier molecular flexibility index (Phi) is 3.95. The van der Waals surface area contributed by atoms with E-state index >= 15 is 0 Å². The van der Waals surface area contributed by atoms with Gasteiger partial charge in [-0.15, -0.1) is 0 Å². The van der Waals surface area contributed by atoms with Crippen molar-refractivity contribution in [3.63, 3.8) is 0 Å². The van der Waals surface area contributed by atoms with Crippen LogP contribution in [0, 0.1) is 0 Å². The lowest BCUT2D eigenvalue weighted by Gasteiger charge is -2.13. The normalized spacial score (nSPS) is 16.8. The van der Waals surface area contributed by atoms with E-state index in [1.54, 1.807) is 6.07 Å². The molecule has 0 spiro atoms. The third kappa shape index (κ3) is 2.98. The van der Waals surface area contributed by atoms with Crippen molar-refractivity contribution in [1.82, 2.24) is 9.97 Å². The van der Waals surface area contributed by atoms with E-state index in [-0.39, 0.29) is 5.56 Å². The quantitative estimate of drug-likeness (QED) is 0.840. The van der Waals surface area contributed by atoms with Crippen molar-refractivity contribution in [2.45, 2.75) is 44.4 Å². The van der Waals surface area contributed by atoms with E-state index in [4.69, 9.17) is 4.98 Å². The number of nitrogens with one attached hydrogen (secondary N) is 1. The molecule has 1 saturated carbocycles. The second-order valence-corrected chi connectivity index (χ2v) is 5.57. The van der Waals surface area contributed by atoms with Gasteiger partial charge in [-0.25, -0.2) is 4.98 Å². The van der Waals surface area contributed by atoms with Crippen molar-refractivity contribution in [2.75, 3.05) is 0 Å². The van der Waals surface area contributed by atoms with Gasteiger partial charge in [-0.1, -0.05) is 56.0 Å². The lowest BCUT2D eigenvalue weighted by Crippen LogP contribution is -2.14. The summed E-state index contributed by atoms with van der Waals surface area (Å²) in [7, 11) is 0. The van der Waals surface area contributed by atoms with Crippen molar-refractivity contribution in [3.8, 4) is 11.3 Å². The highest BCUT2D eigenvalue weighted by Crippen LogP contribution is 2.29. The minimum atomic E-state index is -0.0434. The van der Waals surface area contributed by atoms with Gasteiger partial charge < -0.3 is 4.98 Å². The molecule has 1 fully saturated rings. The van der Waals surface area contributed by atoms with E-state index in [1.807, 2.05) is 30.3 Å². The molecule has 0 amide bonds. The fourth-order valence-corrected chi connectivity index (χ4v) is 2.98. The smallest absolute Gasteiger partial charge is 0.251 e. The van der Waals surface area contributed by atoms with Crippen LogP contribution in [0.15, 0.2) is 41.2 Å². The van der Waals surface area contributed by atoms with Gasteiger partial charge >= 0.3 is 0 Å². The van der Waals surface area contributed by atoms with Crippen molar-refractivity contribution < 1.29 is 0 Å². The maximum absolute atomic E-state index is 11.9. The predicted molar refractivity (Wildman–Crippen MR) is 80.7 cm³/mol. The Labute approximate surface area is 119 Å². The molecule has 0 atom stereocenters. The Bertz CT molecular complexity index is 610. The van der Waals surface area contributed by atoms with Gasteiger partial charge in [0, 0.05) is 17.5 Å². The summed E-state index contributed by atoms with van der Waals surface area (Å²) in [6.07, 6.45) is 7.37. The number of nitrogens with zero attached hydrogens (tertiary/aromatic N) is 1. The zero-order valence-electron chi connectivity index (χ0n) is 11.6. The second kappa shape index (κ2) is 6.04. The van der Waals surface area contributed by atoms with Gasteiger partial charge in [-0.3, -0.25) is 4.79 Å². The number of hydrogen-bond donors (Lipinski definition) is 1. The molecule has 1 heterocycles. The van der Waals surface area contributed by atoms with Crippen LogP contribution in [0.5, 0.6) is 0 Å². The maximum Gasteiger partial charge on any atom is 0.251 e. The third-order valence-electron chi connectivity index (χ3n) is 4.07. The van der Waals surface area contributed by atoms with Gasteiger partial charge in [0.05, 0.1) is 5.69 Å². The van der Waals surface area contributed by atoms with Gasteiger partial charge in [0.2, 0.25) is 0 Å². The lowest BCUT2D eigenvalue weighted by molar-refractivity contribution is 0.559. The van der Waals surface area contributed by atoms with Crippen LogP contribution in [-0.4, -0.2) is 9.97 Å². The minimum absolute atomic E-state index is 0.0434. The number of aromatic nitrogens is 2. The van der Waals surface area contributed by atoms with Crippen molar-refractivity contribution in [2.24, 2.45) is 0 Å². The highest BCUT2D eigenvalue weighted by molar-refractivity contribution is 5.58. The van der Waals surface area contributed by atoms with E-state index in [0.29, 0.717) is 5.92 Å². The zero-order chi connectivity index (χ0) is 13.8. The number of aromatic amines is 1. The Morgan fingerprint density at radius 3 is 2.40 bits per heavy atom. The van der Waals surface area contributed by atoms with Crippen LogP contribution in [0.3, 0.4) is 0 Å². The monoisotopic (exact) mass is 268 g/mol. The first-order chi connectivity index (χ1) is 9.83. The molecule has 2 aromatic rings. The van der Waals surface area contributed by atoms with Gasteiger partial charge in [0.25, 0.3) is 5.56 Å². The molecule has 3 nitrogen and oxygen atoms in total. The second-order valence-electron chi connectivity index (χ2n) is 5.57. The molecule has 0 radical (unpaired) electrons. The van der Waals surface area contributed by atoms with Gasteiger partial charge in [0.1, 0.15) is 5.82 Å². The molecule has 0 aliphatic heterocycles. The summed E-state index contributed by atoms with van der Waals surface area (Å²) in [4.78, 5) is 19.6. The van der Waals surface area contributed by atoms with E-state index in [0.717, 1.165) is 29.9 Å². The van der Waals surface area contributed by atoms with Gasteiger partial charge in [0.15, 0.2) is 0 Å². The van der Waals surface area contributed by atoms with E-state index in [2.05, 4.69) is 4.98 Å². The van der Waals surface area contributed by atoms with E-state index in [1.165, 1.54) is 25.7 Å². The molecule has 1 aliphatic rings. The Morgan fingerprint density at radius 1 is 1.00 bits per heavy atom. The summed E-state index contributed by atoms with van der Waals surface area (Å²) in [5, 5.41) is 0. The lowest BCUT2D eigenvalue weighted by atomic mass is 9.99. The van der Waals surface area contributed by atoms with Crippen molar-refractivity contribution >= 4 is 0 Å². The molecule has 20 heavy (non-hydrogen) atoms. The fraction of sp³-hybridized carbons (Fsp3) is 0.412. The molecule has 0 bridgehead atoms. The molecular weight excluding hydrogens is 248 g/mol. The number of benzene rings is 1. The summed E-state index contributed by atoms with van der Waals surface area (Å²) in [6, 6.07) is 11.5. The number of hydrogen-bond acceptors (Lipinski definition) is 2. The largest absolute Gasteiger partial charge is 0.310 e. The average Bonchev–Trinajstić information content (AvgIpc) is 2.77. The van der Waals surface area contributed by atoms with Crippen molar-refractivity contribution in [3.05, 3.63) is 52.6 Å². The van der Waals surface area contributed by atoms with Crippen LogP contribution in [0.2, 0.25) is 0 Å². The van der Waals surface area contributed by atoms with Crippen LogP contribution in [0.4, 0.5) is 0 Å². The van der Waals surface area contributed by atoms with Crippen LogP contribution in [-0.2, 0) is 0 Å². The third-order valence-corrected chi connectivity index (χ3v) is 4.07. The molecule has 1 aromatic carbocycles. The summed E-state index contributed by atoms with van der Waals surface area (Å²) in [5.41, 5.74) is 1.75. The maximum atomic E-state index is 11.9. The van der Waals surface area contributed by atoms with E-state index < -0.39 is 0 Å². The molecule has 3 rings (SSSR count). The molecule has 104 valence electrons. The highest BCUT2D eigenvalue weighted by Gasteiger charge is 2.17. The average molecular weight is 268 g/mol. The highest BCUT2D eigenvalue weighted by atomic mass is 16.1. The molecule has 1 aromatic heterocycles. The first kappa shape index (κ1) is 13.1. The molecule has 0 saturated heterocycles. The SMILES string of the molecule is O=c1cc(-c2ccccc2)nc(C2CCCCCC2)[nH]1. The Balaban J connectivity index is 1.96. The summed E-state index contributed by atoms with van der Waals surface area (Å²) < 4.78 is 0. The van der Waals surface area contributed by atoms with Crippen molar-refractivity contribution in [1.29, 1.82) is 0 Å². The topological polar surface area (TPSA) is 45.8 Å². The molecule has 1 aliphatic carbocycles. The fourth-order valence-electron chi connectivity index (χ4n) is 2.98. The first-order valence-electron chi connectivity index (χ1n) is 7.49. The number of H-pyrrole nitrogens is 1. The number of rotatable bonds is 2. The Morgan fingerprint density at radius 2 is 1.70 bits per heavy atom. The molecule has 0 unspecified atom stereocenters. The first-order valence-corrected chi connectivity index (χ1v) is 7.49. The summed E-state index contributed by atoms with van der Waals surface area (Å²) in [5.74, 6) is 1.28. The van der Waals surface area contributed by atoms with Crippen LogP contribution in [0.25, 0.3) is 11.3 Å². The van der Waals surface area contributed by atoms with Gasteiger partial charge in [-0.05, 0) is 12.8 Å². The minimum Gasteiger partial charge on any atom is -0.310 e. The Hall–Kier alpha value is -1.90. The van der Waals surface area contributed by atoms with Crippen LogP contribution >= 0.6 is 0 Å². The molecule has 3 heteroatoms. The van der Waals surface area contributed by atoms with E-state index in [9.17, 15) is 4.79 Å².